The van der Waals surface area contributed by atoms with Crippen molar-refractivity contribution >= 4 is 60.0 Å². The van der Waals surface area contributed by atoms with Crippen molar-refractivity contribution in [2.75, 3.05) is 31.2 Å². The number of carbonyl (C=O) groups excluding carboxylic acids is 1. The second-order valence-corrected chi connectivity index (χ2v) is 15.4. The molecule has 3 aromatic carbocycles. The predicted octanol–water partition coefficient (Wildman–Crippen LogP) is 7.82. The number of hydrogen-bond donors (Lipinski definition) is 1. The van der Waals surface area contributed by atoms with Crippen LogP contribution in [0.15, 0.2) is 71.1 Å². The summed E-state index contributed by atoms with van der Waals surface area (Å²) in [6.07, 6.45) is -3.18. The second-order valence-electron chi connectivity index (χ2n) is 13.4. The lowest BCUT2D eigenvalue weighted by atomic mass is 10.0. The molecule has 0 aliphatic carbocycles. The molecular weight excluding hydrogens is 751 g/mol. The van der Waals surface area contributed by atoms with Crippen LogP contribution in [0.2, 0.25) is 0 Å². The first-order chi connectivity index (χ1) is 26.0. The highest BCUT2D eigenvalue weighted by atomic mass is 32.2. The summed E-state index contributed by atoms with van der Waals surface area (Å²) in [5, 5.41) is 2.84. The summed E-state index contributed by atoms with van der Waals surface area (Å²) in [5.41, 5.74) is 1.32. The summed E-state index contributed by atoms with van der Waals surface area (Å²) in [7, 11) is -1.28. The van der Waals surface area contributed by atoms with Crippen LogP contribution in [0.25, 0.3) is 61.0 Å². The first-order valence-corrected chi connectivity index (χ1v) is 18.8. The Morgan fingerprint density at radius 2 is 1.75 bits per heavy atom. The standard InChI is InChI=1S/C38H30F6N6O4S/c1-45-37(51)34-23-15-22(29(48(2)55(3,52)53)17-31(23)54-36(34)20-10-9-19(39)14-25(20)41)26-11-12-27-35(47-26)30-16-21-24(40)6-4-7-28(21)50(30)33(46-27)18-49-13-5-8-32(49)38(42,43)44/h4,6-7,9-12,14-17,32H,5,8,13,18H2,1-3H3,(H,45,51)/t32-/m0/s1. The third-order valence-electron chi connectivity index (χ3n) is 10.1. The minimum atomic E-state index is -4.45. The quantitative estimate of drug-likeness (QED) is 0.164. The Balaban J connectivity index is 1.39. The largest absolute Gasteiger partial charge is 0.455 e. The Morgan fingerprint density at radius 1 is 0.964 bits per heavy atom. The molecule has 1 atom stereocenters. The molecule has 55 heavy (non-hydrogen) atoms. The van der Waals surface area contributed by atoms with Crippen LogP contribution in [0.4, 0.5) is 32.0 Å². The van der Waals surface area contributed by atoms with E-state index in [1.807, 2.05) is 0 Å². The fourth-order valence-electron chi connectivity index (χ4n) is 7.38. The number of benzene rings is 3. The van der Waals surface area contributed by atoms with Crippen molar-refractivity contribution in [3.63, 3.8) is 0 Å². The van der Waals surface area contributed by atoms with E-state index < -0.39 is 45.6 Å². The van der Waals surface area contributed by atoms with E-state index in [1.54, 1.807) is 16.5 Å². The van der Waals surface area contributed by atoms with Crippen LogP contribution in [0.3, 0.4) is 0 Å². The van der Waals surface area contributed by atoms with Gasteiger partial charge in [0.15, 0.2) is 5.76 Å². The molecule has 4 aromatic heterocycles. The van der Waals surface area contributed by atoms with Gasteiger partial charge in [0.1, 0.15) is 40.4 Å². The van der Waals surface area contributed by atoms with Crippen molar-refractivity contribution in [3.05, 3.63) is 95.6 Å². The molecule has 1 aliphatic rings. The second kappa shape index (κ2) is 13.0. The van der Waals surface area contributed by atoms with Crippen molar-refractivity contribution < 1.29 is 44.0 Å². The number of fused-ring (bicyclic) bond motifs is 6. The summed E-state index contributed by atoms with van der Waals surface area (Å²) >= 11 is 0. The van der Waals surface area contributed by atoms with Gasteiger partial charge in [0, 0.05) is 42.6 Å². The highest BCUT2D eigenvalue weighted by molar-refractivity contribution is 7.92. The third kappa shape index (κ3) is 6.10. The van der Waals surface area contributed by atoms with Gasteiger partial charge in [-0.25, -0.2) is 31.6 Å². The molecule has 0 spiro atoms. The SMILES string of the molecule is CNC(=O)c1c(-c2ccc(F)cc2F)oc2cc(N(C)S(C)(=O)=O)c(-c3ccc4nc(CN5CCC[C@H]5C(F)(F)F)n5c6cccc(F)c6cc5c4n3)cc12. The number of amides is 1. The molecule has 5 heterocycles. The lowest BCUT2D eigenvalue weighted by Crippen LogP contribution is -2.41. The lowest BCUT2D eigenvalue weighted by molar-refractivity contribution is -0.177. The number of pyridine rings is 1. The number of sulfonamides is 1. The van der Waals surface area contributed by atoms with Gasteiger partial charge in [0.25, 0.3) is 5.91 Å². The zero-order valence-corrected chi connectivity index (χ0v) is 30.1. The normalized spacial score (nSPS) is 15.5. The third-order valence-corrected chi connectivity index (χ3v) is 11.2. The Morgan fingerprint density at radius 3 is 2.45 bits per heavy atom. The molecular formula is C38H30F6N6O4S. The van der Waals surface area contributed by atoms with E-state index in [1.165, 1.54) is 55.4 Å². The van der Waals surface area contributed by atoms with Gasteiger partial charge < -0.3 is 9.73 Å². The summed E-state index contributed by atoms with van der Waals surface area (Å²) < 4.78 is 121. The molecule has 10 nitrogen and oxygen atoms in total. The molecule has 1 saturated heterocycles. The number of rotatable bonds is 7. The van der Waals surface area contributed by atoms with E-state index in [4.69, 9.17) is 14.4 Å². The first-order valence-electron chi connectivity index (χ1n) is 17.0. The van der Waals surface area contributed by atoms with Crippen molar-refractivity contribution in [2.45, 2.75) is 31.6 Å². The molecule has 1 fully saturated rings. The molecule has 1 amide bonds. The molecule has 17 heteroatoms. The number of furan rings is 1. The summed E-state index contributed by atoms with van der Waals surface area (Å²) in [4.78, 5) is 24.3. The number of anilines is 1. The number of aromatic nitrogens is 3. The van der Waals surface area contributed by atoms with Crippen LogP contribution >= 0.6 is 0 Å². The number of alkyl halides is 3. The zero-order chi connectivity index (χ0) is 39.1. The monoisotopic (exact) mass is 780 g/mol. The number of hydrogen-bond acceptors (Lipinski definition) is 7. The average Bonchev–Trinajstić information content (AvgIpc) is 3.86. The molecule has 7 aromatic rings. The van der Waals surface area contributed by atoms with Gasteiger partial charge in [-0.15, -0.1) is 0 Å². The number of likely N-dealkylation sites (tertiary alicyclic amines) is 1. The van der Waals surface area contributed by atoms with E-state index in [2.05, 4.69) is 5.32 Å². The molecule has 284 valence electrons. The average molecular weight is 781 g/mol. The van der Waals surface area contributed by atoms with Gasteiger partial charge >= 0.3 is 6.18 Å². The first kappa shape index (κ1) is 36.3. The van der Waals surface area contributed by atoms with Gasteiger partial charge in [0.05, 0.1) is 51.9 Å². The van der Waals surface area contributed by atoms with Crippen LogP contribution in [-0.2, 0) is 16.6 Å². The van der Waals surface area contributed by atoms with E-state index >= 15 is 8.78 Å². The van der Waals surface area contributed by atoms with Crippen LogP contribution < -0.4 is 9.62 Å². The van der Waals surface area contributed by atoms with E-state index in [0.29, 0.717) is 23.5 Å². The van der Waals surface area contributed by atoms with E-state index in [9.17, 15) is 30.8 Å². The topological polar surface area (TPSA) is 113 Å². The smallest absolute Gasteiger partial charge is 0.404 e. The minimum absolute atomic E-state index is 0.00783. The van der Waals surface area contributed by atoms with Gasteiger partial charge in [-0.1, -0.05) is 6.07 Å². The lowest BCUT2D eigenvalue weighted by Gasteiger charge is -2.26. The number of nitrogens with zero attached hydrogens (tertiary/aromatic N) is 5. The van der Waals surface area contributed by atoms with Crippen molar-refractivity contribution in [1.29, 1.82) is 0 Å². The summed E-state index contributed by atoms with van der Waals surface area (Å²) in [6.45, 7) is 0.00912. The summed E-state index contributed by atoms with van der Waals surface area (Å²) in [5.74, 6) is -3.08. The highest BCUT2D eigenvalue weighted by Gasteiger charge is 2.46. The van der Waals surface area contributed by atoms with Crippen LogP contribution in [0.1, 0.15) is 29.0 Å². The van der Waals surface area contributed by atoms with Gasteiger partial charge in [-0.05, 0) is 67.9 Å². The molecule has 0 radical (unpaired) electrons. The van der Waals surface area contributed by atoms with E-state index in [-0.39, 0.29) is 86.6 Å². The predicted molar refractivity (Wildman–Crippen MR) is 195 cm³/mol. The van der Waals surface area contributed by atoms with Gasteiger partial charge in [0.2, 0.25) is 10.0 Å². The maximum Gasteiger partial charge on any atom is 0.404 e. The Kier molecular flexibility index (Phi) is 8.56. The van der Waals surface area contributed by atoms with E-state index in [0.717, 1.165) is 22.7 Å². The number of halogens is 6. The maximum atomic E-state index is 15.3. The number of carbonyl (C=O) groups is 1. The molecule has 0 bridgehead atoms. The molecule has 1 N–H and O–H groups in total. The Labute approximate surface area is 309 Å². The zero-order valence-electron chi connectivity index (χ0n) is 29.3. The fraction of sp³-hybridized carbons (Fsp3) is 0.237. The Hall–Kier alpha value is -5.68. The molecule has 0 unspecified atom stereocenters. The molecule has 1 aliphatic heterocycles. The van der Waals surface area contributed by atoms with Crippen LogP contribution in [-0.4, -0.2) is 72.7 Å². The summed E-state index contributed by atoms with van der Waals surface area (Å²) in [6, 6.07) is 13.0. The van der Waals surface area contributed by atoms with Crippen molar-refractivity contribution in [2.24, 2.45) is 0 Å². The number of nitrogens with one attached hydrogen (secondary N) is 1. The Bertz CT molecular complexity index is 2840. The van der Waals surface area contributed by atoms with Crippen LogP contribution in [0.5, 0.6) is 0 Å². The van der Waals surface area contributed by atoms with Crippen molar-refractivity contribution in [1.82, 2.24) is 24.6 Å². The van der Waals surface area contributed by atoms with Crippen LogP contribution in [0, 0.1) is 17.5 Å². The van der Waals surface area contributed by atoms with Gasteiger partial charge in [-0.3, -0.25) is 18.4 Å². The highest BCUT2D eigenvalue weighted by Crippen LogP contribution is 2.42. The molecule has 8 rings (SSSR count). The van der Waals surface area contributed by atoms with Gasteiger partial charge in [-0.2, -0.15) is 13.2 Å². The molecule has 0 saturated carbocycles. The fourth-order valence-corrected chi connectivity index (χ4v) is 7.89. The maximum absolute atomic E-state index is 15.3. The minimum Gasteiger partial charge on any atom is -0.455 e. The van der Waals surface area contributed by atoms with Crippen molar-refractivity contribution in [3.8, 4) is 22.6 Å².